The summed E-state index contributed by atoms with van der Waals surface area (Å²) in [5.74, 6) is 1.15. The van der Waals surface area contributed by atoms with Crippen LogP contribution in [0.3, 0.4) is 0 Å². The molecule has 0 spiro atoms. The van der Waals surface area contributed by atoms with Crippen LogP contribution in [0.5, 0.6) is 0 Å². The van der Waals surface area contributed by atoms with Crippen LogP contribution in [-0.2, 0) is 4.79 Å². The van der Waals surface area contributed by atoms with Gasteiger partial charge in [0.1, 0.15) is 0 Å². The molecule has 2 fully saturated rings. The molecular formula is C14H21N3OS. The number of carbonyl (C=O) groups is 1. The van der Waals surface area contributed by atoms with E-state index in [9.17, 15) is 4.79 Å². The molecule has 19 heavy (non-hydrogen) atoms. The monoisotopic (exact) mass is 279 g/mol. The molecule has 1 saturated carbocycles. The summed E-state index contributed by atoms with van der Waals surface area (Å²) in [7, 11) is 0. The molecule has 5 heteroatoms. The Kier molecular flexibility index (Phi) is 4.01. The maximum Gasteiger partial charge on any atom is 0.223 e. The van der Waals surface area contributed by atoms with Crippen molar-refractivity contribution in [2.24, 2.45) is 11.8 Å². The predicted molar refractivity (Wildman–Crippen MR) is 77.4 cm³/mol. The van der Waals surface area contributed by atoms with Crippen molar-refractivity contribution in [3.05, 3.63) is 11.6 Å². The van der Waals surface area contributed by atoms with Crippen molar-refractivity contribution in [3.8, 4) is 0 Å². The summed E-state index contributed by atoms with van der Waals surface area (Å²) < 4.78 is 0. The molecule has 1 aromatic heterocycles. The van der Waals surface area contributed by atoms with Crippen molar-refractivity contribution >= 4 is 22.4 Å². The van der Waals surface area contributed by atoms with Crippen molar-refractivity contribution in [2.45, 2.75) is 32.1 Å². The Labute approximate surface area is 118 Å². The number of piperidine rings is 1. The third-order valence-electron chi connectivity index (χ3n) is 4.25. The van der Waals surface area contributed by atoms with E-state index in [1.165, 1.54) is 19.3 Å². The Morgan fingerprint density at radius 3 is 3.00 bits per heavy atom. The van der Waals surface area contributed by atoms with E-state index in [1.54, 1.807) is 11.3 Å². The minimum Gasteiger partial charge on any atom is -0.356 e. The normalized spacial score (nSPS) is 24.0. The number of nitrogens with zero attached hydrogens (tertiary/aromatic N) is 2. The fraction of sp³-hybridized carbons (Fsp3) is 0.714. The highest BCUT2D eigenvalue weighted by Gasteiger charge is 2.27. The molecule has 1 amide bonds. The molecule has 1 aliphatic heterocycles. The lowest BCUT2D eigenvalue weighted by Crippen LogP contribution is -2.43. The maximum absolute atomic E-state index is 11.8. The van der Waals surface area contributed by atoms with Crippen molar-refractivity contribution in [1.29, 1.82) is 0 Å². The standard InChI is InChI=1S/C14H21N3OS/c18-13(12-4-1-5-12)16-9-11-3-2-7-17(10-11)14-15-6-8-19-14/h6,8,11-12H,1-5,7,9-10H2,(H,16,18). The summed E-state index contributed by atoms with van der Waals surface area (Å²) in [5, 5.41) is 6.28. The van der Waals surface area contributed by atoms with E-state index in [4.69, 9.17) is 0 Å². The minimum atomic E-state index is 0.276. The first-order chi connectivity index (χ1) is 9.33. The van der Waals surface area contributed by atoms with Gasteiger partial charge in [0.25, 0.3) is 0 Å². The number of amides is 1. The van der Waals surface area contributed by atoms with E-state index >= 15 is 0 Å². The predicted octanol–water partition coefficient (Wildman–Crippen LogP) is 2.28. The number of carbonyl (C=O) groups excluding carboxylic acids is 1. The zero-order valence-electron chi connectivity index (χ0n) is 11.2. The number of anilines is 1. The largest absolute Gasteiger partial charge is 0.356 e. The quantitative estimate of drug-likeness (QED) is 0.919. The van der Waals surface area contributed by atoms with Gasteiger partial charge in [-0.3, -0.25) is 4.79 Å². The van der Waals surface area contributed by atoms with Gasteiger partial charge in [0, 0.05) is 37.1 Å². The summed E-state index contributed by atoms with van der Waals surface area (Å²) in [5.41, 5.74) is 0. The molecule has 2 heterocycles. The molecule has 1 N–H and O–H groups in total. The van der Waals surface area contributed by atoms with Crippen LogP contribution in [0.4, 0.5) is 5.13 Å². The Hall–Kier alpha value is -1.10. The van der Waals surface area contributed by atoms with Crippen LogP contribution < -0.4 is 10.2 Å². The van der Waals surface area contributed by atoms with E-state index in [0.29, 0.717) is 11.8 Å². The SMILES string of the molecule is O=C(NCC1CCCN(c2nccs2)C1)C1CCC1. The van der Waals surface area contributed by atoms with Gasteiger partial charge in [-0.2, -0.15) is 0 Å². The summed E-state index contributed by atoms with van der Waals surface area (Å²) in [6.45, 7) is 2.95. The number of aromatic nitrogens is 1. The lowest BCUT2D eigenvalue weighted by molar-refractivity contribution is -0.127. The molecule has 3 rings (SSSR count). The van der Waals surface area contributed by atoms with E-state index in [0.717, 1.165) is 37.6 Å². The lowest BCUT2D eigenvalue weighted by Gasteiger charge is -2.33. The molecule has 1 unspecified atom stereocenters. The van der Waals surface area contributed by atoms with Gasteiger partial charge in [0.15, 0.2) is 5.13 Å². The number of nitrogens with one attached hydrogen (secondary N) is 1. The smallest absolute Gasteiger partial charge is 0.223 e. The molecule has 104 valence electrons. The van der Waals surface area contributed by atoms with Crippen LogP contribution in [0.2, 0.25) is 0 Å². The molecule has 0 radical (unpaired) electrons. The topological polar surface area (TPSA) is 45.2 Å². The van der Waals surface area contributed by atoms with E-state index in [1.807, 2.05) is 11.6 Å². The van der Waals surface area contributed by atoms with Crippen LogP contribution in [0.1, 0.15) is 32.1 Å². The number of hydrogen-bond acceptors (Lipinski definition) is 4. The van der Waals surface area contributed by atoms with Crippen LogP contribution in [-0.4, -0.2) is 30.5 Å². The molecule has 1 atom stereocenters. The number of rotatable bonds is 4. The first-order valence-corrected chi connectivity index (χ1v) is 8.13. The van der Waals surface area contributed by atoms with Crippen LogP contribution in [0.25, 0.3) is 0 Å². The summed E-state index contributed by atoms with van der Waals surface area (Å²) in [6.07, 6.45) is 7.67. The Bertz CT molecular complexity index is 416. The average Bonchev–Trinajstić information content (AvgIpc) is 2.88. The summed E-state index contributed by atoms with van der Waals surface area (Å²) >= 11 is 1.70. The van der Waals surface area contributed by atoms with Crippen molar-refractivity contribution < 1.29 is 4.79 Å². The Balaban J connectivity index is 1.47. The maximum atomic E-state index is 11.8. The molecule has 0 bridgehead atoms. The lowest BCUT2D eigenvalue weighted by atomic mass is 9.84. The zero-order valence-corrected chi connectivity index (χ0v) is 12.0. The van der Waals surface area contributed by atoms with Gasteiger partial charge in [-0.25, -0.2) is 4.98 Å². The number of hydrogen-bond donors (Lipinski definition) is 1. The first-order valence-electron chi connectivity index (χ1n) is 7.25. The molecule has 1 saturated heterocycles. The summed E-state index contributed by atoms with van der Waals surface area (Å²) in [4.78, 5) is 18.6. The molecule has 1 aliphatic carbocycles. The third-order valence-corrected chi connectivity index (χ3v) is 5.08. The minimum absolute atomic E-state index is 0.276. The second-order valence-electron chi connectivity index (χ2n) is 5.64. The molecule has 2 aliphatic rings. The van der Waals surface area contributed by atoms with E-state index in [2.05, 4.69) is 15.2 Å². The Morgan fingerprint density at radius 1 is 1.42 bits per heavy atom. The van der Waals surface area contributed by atoms with Gasteiger partial charge in [0.05, 0.1) is 0 Å². The van der Waals surface area contributed by atoms with Gasteiger partial charge in [0.2, 0.25) is 5.91 Å². The second kappa shape index (κ2) is 5.90. The van der Waals surface area contributed by atoms with E-state index in [-0.39, 0.29) is 5.91 Å². The van der Waals surface area contributed by atoms with Gasteiger partial charge >= 0.3 is 0 Å². The first kappa shape index (κ1) is 12.9. The third kappa shape index (κ3) is 3.08. The Morgan fingerprint density at radius 2 is 2.32 bits per heavy atom. The van der Waals surface area contributed by atoms with Crippen LogP contribution >= 0.6 is 11.3 Å². The molecule has 1 aromatic rings. The van der Waals surface area contributed by atoms with Crippen LogP contribution in [0, 0.1) is 11.8 Å². The van der Waals surface area contributed by atoms with Gasteiger partial charge in [-0.1, -0.05) is 6.42 Å². The van der Waals surface area contributed by atoms with Gasteiger partial charge < -0.3 is 10.2 Å². The van der Waals surface area contributed by atoms with Gasteiger partial charge in [-0.15, -0.1) is 11.3 Å². The molecular weight excluding hydrogens is 258 g/mol. The fourth-order valence-electron chi connectivity index (χ4n) is 2.84. The summed E-state index contributed by atoms with van der Waals surface area (Å²) in [6, 6.07) is 0. The van der Waals surface area contributed by atoms with Gasteiger partial charge in [-0.05, 0) is 31.6 Å². The highest BCUT2D eigenvalue weighted by molar-refractivity contribution is 7.13. The average molecular weight is 279 g/mol. The van der Waals surface area contributed by atoms with Crippen molar-refractivity contribution in [1.82, 2.24) is 10.3 Å². The molecule has 4 nitrogen and oxygen atoms in total. The molecule has 0 aromatic carbocycles. The highest BCUT2D eigenvalue weighted by atomic mass is 32.1. The fourth-order valence-corrected chi connectivity index (χ4v) is 3.52. The van der Waals surface area contributed by atoms with Crippen LogP contribution in [0.15, 0.2) is 11.6 Å². The highest BCUT2D eigenvalue weighted by Crippen LogP contribution is 2.27. The van der Waals surface area contributed by atoms with Crippen molar-refractivity contribution in [2.75, 3.05) is 24.5 Å². The van der Waals surface area contributed by atoms with E-state index < -0.39 is 0 Å². The number of thiazole rings is 1. The second-order valence-corrected chi connectivity index (χ2v) is 6.51. The van der Waals surface area contributed by atoms with Crippen molar-refractivity contribution in [3.63, 3.8) is 0 Å². The zero-order chi connectivity index (χ0) is 13.1.